The number of ether oxygens (including phenoxy) is 1. The van der Waals surface area contributed by atoms with Gasteiger partial charge in [-0.3, -0.25) is 0 Å². The molecule has 4 rings (SSSR count). The molecule has 0 aromatic heterocycles. The van der Waals surface area contributed by atoms with E-state index in [0.29, 0.717) is 11.3 Å². The van der Waals surface area contributed by atoms with Gasteiger partial charge >= 0.3 is 12.0 Å². The van der Waals surface area contributed by atoms with E-state index in [4.69, 9.17) is 10.5 Å². The highest BCUT2D eigenvalue weighted by Gasteiger charge is 2.76. The first-order chi connectivity index (χ1) is 19.2. The first-order valence-electron chi connectivity index (χ1n) is 13.3. The van der Waals surface area contributed by atoms with E-state index in [0.717, 1.165) is 10.8 Å². The summed E-state index contributed by atoms with van der Waals surface area (Å²) < 4.78 is 5.52. The van der Waals surface area contributed by atoms with Crippen LogP contribution in [-0.2, 0) is 4.74 Å². The van der Waals surface area contributed by atoms with Gasteiger partial charge in [-0.25, -0.2) is 9.59 Å². The largest absolute Gasteiger partial charge is 0.507 e. The zero-order valence-corrected chi connectivity index (χ0v) is 23.8. The monoisotopic (exact) mass is 566 g/mol. The highest BCUT2D eigenvalue weighted by Crippen LogP contribution is 2.49. The van der Waals surface area contributed by atoms with Gasteiger partial charge in [-0.15, -0.1) is 0 Å². The second kappa shape index (κ2) is 10.8. The third kappa shape index (κ3) is 4.84. The van der Waals surface area contributed by atoms with Crippen LogP contribution < -0.4 is 16.4 Å². The zero-order chi connectivity index (χ0) is 30.3. The van der Waals surface area contributed by atoms with E-state index >= 15 is 0 Å². The van der Waals surface area contributed by atoms with Gasteiger partial charge in [-0.2, -0.15) is 0 Å². The Morgan fingerprint density at radius 1 is 1.07 bits per heavy atom. The van der Waals surface area contributed by atoms with Crippen molar-refractivity contribution in [2.45, 2.75) is 55.7 Å². The number of carbonyl (C=O) groups is 2. The van der Waals surface area contributed by atoms with Crippen molar-refractivity contribution >= 4 is 28.5 Å². The van der Waals surface area contributed by atoms with Crippen LogP contribution in [0.5, 0.6) is 5.75 Å². The molecule has 3 aromatic carbocycles. The SMILES string of the molecule is Cc1cccc(O)c1C(=O)OC[C@@]1(O)[C@@H](Nc2ccc3ccccc3c2)[C@H](N)[C@@](NC(=O)N(C)C)([C@H](C)O)[C@@]1(C)O. The molecule has 1 saturated carbocycles. The zero-order valence-electron chi connectivity index (χ0n) is 23.8. The summed E-state index contributed by atoms with van der Waals surface area (Å²) in [7, 11) is 2.96. The van der Waals surface area contributed by atoms with Gasteiger partial charge in [0.2, 0.25) is 0 Å². The van der Waals surface area contributed by atoms with Crippen LogP contribution in [0.4, 0.5) is 10.5 Å². The number of aromatic hydroxyl groups is 1. The fourth-order valence-electron chi connectivity index (χ4n) is 5.89. The molecule has 1 aliphatic rings. The van der Waals surface area contributed by atoms with Gasteiger partial charge in [0.05, 0.1) is 18.2 Å². The van der Waals surface area contributed by atoms with Gasteiger partial charge in [0.25, 0.3) is 0 Å². The predicted octanol–water partition coefficient (Wildman–Crippen LogP) is 1.71. The summed E-state index contributed by atoms with van der Waals surface area (Å²) >= 11 is 0. The first kappa shape index (κ1) is 30.1. The number of anilines is 1. The molecule has 6 atom stereocenters. The summed E-state index contributed by atoms with van der Waals surface area (Å²) in [6.45, 7) is 3.40. The van der Waals surface area contributed by atoms with Gasteiger partial charge < -0.3 is 46.4 Å². The maximum absolute atomic E-state index is 13.1. The van der Waals surface area contributed by atoms with E-state index in [1.165, 1.54) is 38.9 Å². The number of esters is 1. The van der Waals surface area contributed by atoms with Crippen LogP contribution in [0.3, 0.4) is 0 Å². The number of nitrogens with one attached hydrogen (secondary N) is 2. The second-order valence-corrected chi connectivity index (χ2v) is 11.1. The second-order valence-electron chi connectivity index (χ2n) is 11.1. The van der Waals surface area contributed by atoms with E-state index in [1.54, 1.807) is 25.1 Å². The molecule has 0 saturated heterocycles. The summed E-state index contributed by atoms with van der Waals surface area (Å²) in [6, 6.07) is 14.4. The van der Waals surface area contributed by atoms with Crippen molar-refractivity contribution in [1.82, 2.24) is 10.2 Å². The fourth-order valence-corrected chi connectivity index (χ4v) is 5.89. The normalized spacial score (nSPS) is 28.2. The van der Waals surface area contributed by atoms with Crippen molar-refractivity contribution in [2.24, 2.45) is 5.73 Å². The van der Waals surface area contributed by atoms with Crippen molar-refractivity contribution in [3.63, 3.8) is 0 Å². The van der Waals surface area contributed by atoms with Crippen LogP contribution in [0.15, 0.2) is 60.7 Å². The molecule has 220 valence electrons. The molecule has 3 aromatic rings. The minimum Gasteiger partial charge on any atom is -0.507 e. The van der Waals surface area contributed by atoms with Gasteiger partial charge in [0, 0.05) is 19.8 Å². The van der Waals surface area contributed by atoms with Crippen LogP contribution in [0.2, 0.25) is 0 Å². The van der Waals surface area contributed by atoms with Crippen molar-refractivity contribution in [2.75, 3.05) is 26.0 Å². The smallest absolute Gasteiger partial charge is 0.342 e. The highest BCUT2D eigenvalue weighted by molar-refractivity contribution is 5.94. The molecular weight excluding hydrogens is 528 g/mol. The van der Waals surface area contributed by atoms with Crippen LogP contribution >= 0.6 is 0 Å². The number of nitrogens with two attached hydrogens (primary N) is 1. The topological polar surface area (TPSA) is 178 Å². The highest BCUT2D eigenvalue weighted by atomic mass is 16.5. The summed E-state index contributed by atoms with van der Waals surface area (Å²) in [5.41, 5.74) is 0.881. The van der Waals surface area contributed by atoms with E-state index in [-0.39, 0.29) is 11.3 Å². The number of rotatable bonds is 7. The maximum Gasteiger partial charge on any atom is 0.342 e. The Morgan fingerprint density at radius 2 is 1.73 bits per heavy atom. The number of hydrogen-bond donors (Lipinski definition) is 7. The van der Waals surface area contributed by atoms with Crippen LogP contribution in [0.1, 0.15) is 29.8 Å². The quantitative estimate of drug-likeness (QED) is 0.210. The molecule has 0 aliphatic heterocycles. The van der Waals surface area contributed by atoms with Crippen LogP contribution in [-0.4, -0.2) is 93.0 Å². The van der Waals surface area contributed by atoms with Crippen molar-refractivity contribution < 1.29 is 34.8 Å². The maximum atomic E-state index is 13.1. The van der Waals surface area contributed by atoms with Gasteiger partial charge in [0.15, 0.2) is 5.60 Å². The summed E-state index contributed by atoms with van der Waals surface area (Å²) in [5, 5.41) is 53.4. The minimum absolute atomic E-state index is 0.0974. The Morgan fingerprint density at radius 3 is 2.34 bits per heavy atom. The van der Waals surface area contributed by atoms with Gasteiger partial charge in [-0.1, -0.05) is 42.5 Å². The number of urea groups is 1. The Labute approximate surface area is 238 Å². The molecule has 1 aliphatic carbocycles. The Hall–Kier alpha value is -3.90. The third-order valence-electron chi connectivity index (χ3n) is 8.38. The number of amides is 2. The first-order valence-corrected chi connectivity index (χ1v) is 13.3. The molecular formula is C30H38N4O7. The van der Waals surface area contributed by atoms with Gasteiger partial charge in [-0.05, 0) is 55.3 Å². The predicted molar refractivity (Wildman–Crippen MR) is 155 cm³/mol. The number of phenolic OH excluding ortho intramolecular Hbond substituents is 1. The van der Waals surface area contributed by atoms with Gasteiger partial charge in [0.1, 0.15) is 29.1 Å². The number of phenols is 1. The van der Waals surface area contributed by atoms with E-state index in [1.807, 2.05) is 36.4 Å². The Kier molecular flexibility index (Phi) is 7.94. The molecule has 0 unspecified atom stereocenters. The third-order valence-corrected chi connectivity index (χ3v) is 8.38. The summed E-state index contributed by atoms with van der Waals surface area (Å²) in [6.07, 6.45) is -1.47. The fraction of sp³-hybridized carbons (Fsp3) is 0.400. The summed E-state index contributed by atoms with van der Waals surface area (Å²) in [5.74, 6) is -1.24. The lowest BCUT2D eigenvalue weighted by Gasteiger charge is -2.48. The molecule has 0 radical (unpaired) electrons. The minimum atomic E-state index is -2.36. The summed E-state index contributed by atoms with van der Waals surface area (Å²) in [4.78, 5) is 27.2. The number of fused-ring (bicyclic) bond motifs is 1. The Balaban J connectivity index is 1.80. The number of hydrogen-bond acceptors (Lipinski definition) is 9. The molecule has 1 fully saturated rings. The van der Waals surface area contributed by atoms with Crippen molar-refractivity contribution in [1.29, 1.82) is 0 Å². The average molecular weight is 567 g/mol. The van der Waals surface area contributed by atoms with E-state index in [9.17, 15) is 30.0 Å². The number of aryl methyl sites for hydroxylation is 1. The lowest BCUT2D eigenvalue weighted by Crippen LogP contribution is -2.76. The number of carbonyl (C=O) groups excluding carboxylic acids is 2. The molecule has 0 bridgehead atoms. The number of aliphatic hydroxyl groups is 3. The molecule has 0 heterocycles. The Bertz CT molecular complexity index is 1440. The molecule has 11 heteroatoms. The number of benzene rings is 3. The average Bonchev–Trinajstić information content (AvgIpc) is 3.03. The van der Waals surface area contributed by atoms with E-state index < -0.39 is 53.5 Å². The van der Waals surface area contributed by atoms with Crippen molar-refractivity contribution in [3.05, 3.63) is 71.8 Å². The molecule has 2 amide bonds. The molecule has 11 nitrogen and oxygen atoms in total. The van der Waals surface area contributed by atoms with Crippen LogP contribution in [0, 0.1) is 6.92 Å². The number of aliphatic hydroxyl groups excluding tert-OH is 1. The molecule has 0 spiro atoms. The lowest BCUT2D eigenvalue weighted by atomic mass is 9.73. The number of nitrogens with zero attached hydrogens (tertiary/aromatic N) is 1. The van der Waals surface area contributed by atoms with Crippen molar-refractivity contribution in [3.8, 4) is 5.75 Å². The molecule has 8 N–H and O–H groups in total. The van der Waals surface area contributed by atoms with E-state index in [2.05, 4.69) is 10.6 Å². The lowest BCUT2D eigenvalue weighted by molar-refractivity contribution is -0.186. The standard InChI is InChI=1S/C30H38N4O7/c1-17-9-8-12-22(36)23(17)26(37)41-16-29(40)25(32-21-14-13-19-10-6-7-11-20(19)15-21)24(31)30(18(2)35,28(29,3)39)33-27(38)34(4)5/h6-15,18,24-25,32,35-36,39-40H,16,31H2,1-5H3,(H,33,38)/t18-,24-,25-,28-,29+,30-/m0/s1. The molecule has 41 heavy (non-hydrogen) atoms. The van der Waals surface area contributed by atoms with Crippen LogP contribution in [0.25, 0.3) is 10.8 Å².